The Morgan fingerprint density at radius 3 is 2.53 bits per heavy atom. The number of carbonyl (C=O) groups excluding carboxylic acids is 1. The first-order valence-electron chi connectivity index (χ1n) is 6.89. The summed E-state index contributed by atoms with van der Waals surface area (Å²) < 4.78 is 5.24. The van der Waals surface area contributed by atoms with E-state index in [1.165, 1.54) is 0 Å². The standard InChI is InChI=1S/C13H24N2O4/c1-3-9(2)11(12(16)17)15-13(18)14-8-10-4-6-19-7-5-10/h9-11H,3-8H2,1-2H3,(H,16,17)(H2,14,15,18)/t9-,11-/m0/s1. The highest BCUT2D eigenvalue weighted by atomic mass is 16.5. The normalized spacial score (nSPS) is 19.5. The molecule has 0 aromatic heterocycles. The van der Waals surface area contributed by atoms with Gasteiger partial charge in [0.1, 0.15) is 6.04 Å². The molecule has 1 aliphatic rings. The lowest BCUT2D eigenvalue weighted by molar-refractivity contribution is -0.140. The Hall–Kier alpha value is -1.30. The van der Waals surface area contributed by atoms with Gasteiger partial charge >= 0.3 is 12.0 Å². The molecule has 1 rings (SSSR count). The molecule has 110 valence electrons. The van der Waals surface area contributed by atoms with E-state index in [4.69, 9.17) is 9.84 Å². The SMILES string of the molecule is CC[C@H](C)[C@H](NC(=O)NCC1CCOCC1)C(=O)O. The van der Waals surface area contributed by atoms with Crippen LogP contribution in [0.1, 0.15) is 33.1 Å². The summed E-state index contributed by atoms with van der Waals surface area (Å²) in [6.45, 7) is 5.76. The van der Waals surface area contributed by atoms with Crippen molar-refractivity contribution in [2.24, 2.45) is 11.8 Å². The molecule has 0 aromatic carbocycles. The zero-order chi connectivity index (χ0) is 14.3. The highest BCUT2D eigenvalue weighted by molar-refractivity contribution is 5.82. The quantitative estimate of drug-likeness (QED) is 0.678. The van der Waals surface area contributed by atoms with E-state index >= 15 is 0 Å². The van der Waals surface area contributed by atoms with Crippen LogP contribution in [0.3, 0.4) is 0 Å². The van der Waals surface area contributed by atoms with Gasteiger partial charge in [-0.25, -0.2) is 9.59 Å². The summed E-state index contributed by atoms with van der Waals surface area (Å²) in [5.74, 6) is -0.659. The van der Waals surface area contributed by atoms with Crippen molar-refractivity contribution in [1.29, 1.82) is 0 Å². The molecule has 1 heterocycles. The maximum Gasteiger partial charge on any atom is 0.326 e. The number of urea groups is 1. The number of carbonyl (C=O) groups is 2. The number of carboxylic acids is 1. The second kappa shape index (κ2) is 7.99. The van der Waals surface area contributed by atoms with Gasteiger partial charge in [-0.3, -0.25) is 0 Å². The van der Waals surface area contributed by atoms with Gasteiger partial charge in [0, 0.05) is 19.8 Å². The molecule has 3 N–H and O–H groups in total. The number of rotatable bonds is 6. The topological polar surface area (TPSA) is 87.7 Å². The van der Waals surface area contributed by atoms with Gasteiger partial charge in [-0.05, 0) is 24.7 Å². The Kier molecular flexibility index (Phi) is 6.62. The van der Waals surface area contributed by atoms with Crippen molar-refractivity contribution in [3.05, 3.63) is 0 Å². The molecule has 0 aromatic rings. The van der Waals surface area contributed by atoms with Crippen LogP contribution >= 0.6 is 0 Å². The zero-order valence-corrected chi connectivity index (χ0v) is 11.6. The highest BCUT2D eigenvalue weighted by Gasteiger charge is 2.25. The molecule has 0 saturated carbocycles. The van der Waals surface area contributed by atoms with Crippen molar-refractivity contribution < 1.29 is 19.4 Å². The monoisotopic (exact) mass is 272 g/mol. The average molecular weight is 272 g/mol. The number of amides is 2. The molecule has 2 atom stereocenters. The fourth-order valence-corrected chi connectivity index (χ4v) is 2.06. The van der Waals surface area contributed by atoms with Crippen LogP contribution < -0.4 is 10.6 Å². The predicted molar refractivity (Wildman–Crippen MR) is 71.0 cm³/mol. The molecule has 6 nitrogen and oxygen atoms in total. The van der Waals surface area contributed by atoms with E-state index in [0.717, 1.165) is 26.1 Å². The molecule has 1 saturated heterocycles. The van der Waals surface area contributed by atoms with Crippen molar-refractivity contribution in [2.45, 2.75) is 39.2 Å². The van der Waals surface area contributed by atoms with E-state index in [2.05, 4.69) is 10.6 Å². The van der Waals surface area contributed by atoms with Gasteiger partial charge in [0.05, 0.1) is 0 Å². The molecule has 1 aliphatic heterocycles. The van der Waals surface area contributed by atoms with Gasteiger partial charge in [-0.1, -0.05) is 20.3 Å². The number of nitrogens with one attached hydrogen (secondary N) is 2. The van der Waals surface area contributed by atoms with E-state index in [-0.39, 0.29) is 5.92 Å². The highest BCUT2D eigenvalue weighted by Crippen LogP contribution is 2.13. The maximum absolute atomic E-state index is 11.7. The van der Waals surface area contributed by atoms with Crippen LogP contribution in [0.4, 0.5) is 4.79 Å². The largest absolute Gasteiger partial charge is 0.480 e. The first kappa shape index (κ1) is 15.8. The number of aliphatic carboxylic acids is 1. The predicted octanol–water partition coefficient (Wildman–Crippen LogP) is 1.21. The summed E-state index contributed by atoms with van der Waals surface area (Å²) >= 11 is 0. The lowest BCUT2D eigenvalue weighted by Gasteiger charge is -2.24. The Labute approximate surface area is 113 Å². The van der Waals surface area contributed by atoms with Crippen LogP contribution in [0.25, 0.3) is 0 Å². The van der Waals surface area contributed by atoms with Gasteiger partial charge in [0.15, 0.2) is 0 Å². The molecule has 19 heavy (non-hydrogen) atoms. The van der Waals surface area contributed by atoms with Crippen LogP contribution in [0, 0.1) is 11.8 Å². The lowest BCUT2D eigenvalue weighted by Crippen LogP contribution is -2.50. The van der Waals surface area contributed by atoms with E-state index in [1.54, 1.807) is 0 Å². The van der Waals surface area contributed by atoms with E-state index in [9.17, 15) is 9.59 Å². The van der Waals surface area contributed by atoms with Crippen LogP contribution in [0.2, 0.25) is 0 Å². The number of carboxylic acid groups (broad SMARTS) is 1. The fourth-order valence-electron chi connectivity index (χ4n) is 2.06. The van der Waals surface area contributed by atoms with Gasteiger partial charge in [0.2, 0.25) is 0 Å². The number of hydrogen-bond donors (Lipinski definition) is 3. The number of ether oxygens (including phenoxy) is 1. The zero-order valence-electron chi connectivity index (χ0n) is 11.6. The van der Waals surface area contributed by atoms with Crippen LogP contribution in [0.5, 0.6) is 0 Å². The van der Waals surface area contributed by atoms with E-state index in [1.807, 2.05) is 13.8 Å². The Balaban J connectivity index is 2.33. The molecule has 0 spiro atoms. The minimum Gasteiger partial charge on any atom is -0.480 e. The van der Waals surface area contributed by atoms with Gasteiger partial charge in [-0.15, -0.1) is 0 Å². The Morgan fingerprint density at radius 2 is 2.00 bits per heavy atom. The van der Waals surface area contributed by atoms with Crippen molar-refractivity contribution in [3.8, 4) is 0 Å². The maximum atomic E-state index is 11.7. The molecular weight excluding hydrogens is 248 g/mol. The van der Waals surface area contributed by atoms with Crippen molar-refractivity contribution in [3.63, 3.8) is 0 Å². The van der Waals surface area contributed by atoms with Crippen LogP contribution in [0.15, 0.2) is 0 Å². The molecular formula is C13H24N2O4. The van der Waals surface area contributed by atoms with E-state index < -0.39 is 18.0 Å². The third-order valence-corrected chi connectivity index (χ3v) is 3.66. The van der Waals surface area contributed by atoms with Crippen LogP contribution in [-0.2, 0) is 9.53 Å². The third kappa shape index (κ3) is 5.46. The number of hydrogen-bond acceptors (Lipinski definition) is 3. The first-order chi connectivity index (χ1) is 9.04. The Morgan fingerprint density at radius 1 is 1.37 bits per heavy atom. The summed E-state index contributed by atoms with van der Waals surface area (Å²) in [6.07, 6.45) is 2.58. The van der Waals surface area contributed by atoms with Gasteiger partial charge < -0.3 is 20.5 Å². The third-order valence-electron chi connectivity index (χ3n) is 3.66. The van der Waals surface area contributed by atoms with Gasteiger partial charge in [-0.2, -0.15) is 0 Å². The smallest absolute Gasteiger partial charge is 0.326 e. The summed E-state index contributed by atoms with van der Waals surface area (Å²) in [5, 5.41) is 14.4. The van der Waals surface area contributed by atoms with Crippen LogP contribution in [-0.4, -0.2) is 42.9 Å². The molecule has 0 unspecified atom stereocenters. The Bertz CT molecular complexity index is 303. The second-order valence-corrected chi connectivity index (χ2v) is 5.11. The second-order valence-electron chi connectivity index (χ2n) is 5.11. The summed E-state index contributed by atoms with van der Waals surface area (Å²) in [6, 6.07) is -1.24. The van der Waals surface area contributed by atoms with Gasteiger partial charge in [0.25, 0.3) is 0 Å². The van der Waals surface area contributed by atoms with E-state index in [0.29, 0.717) is 18.9 Å². The lowest BCUT2D eigenvalue weighted by atomic mass is 9.99. The minimum absolute atomic E-state index is 0.0914. The minimum atomic E-state index is -0.990. The van der Waals surface area contributed by atoms with Crippen molar-refractivity contribution in [1.82, 2.24) is 10.6 Å². The molecule has 1 fully saturated rings. The molecule has 6 heteroatoms. The summed E-state index contributed by atoms with van der Waals surface area (Å²) in [7, 11) is 0. The molecule has 0 radical (unpaired) electrons. The average Bonchev–Trinajstić information content (AvgIpc) is 2.42. The summed E-state index contributed by atoms with van der Waals surface area (Å²) in [5.41, 5.74) is 0. The van der Waals surface area contributed by atoms with Crippen molar-refractivity contribution in [2.75, 3.05) is 19.8 Å². The molecule has 0 aliphatic carbocycles. The summed E-state index contributed by atoms with van der Waals surface area (Å²) in [4.78, 5) is 22.8. The molecule has 2 amide bonds. The molecule has 0 bridgehead atoms. The fraction of sp³-hybridized carbons (Fsp3) is 0.846. The first-order valence-corrected chi connectivity index (χ1v) is 6.89. The van der Waals surface area contributed by atoms with Crippen molar-refractivity contribution >= 4 is 12.0 Å².